The van der Waals surface area contributed by atoms with E-state index in [0.717, 1.165) is 0 Å². The first-order valence-electron chi connectivity index (χ1n) is 5.11. The smallest absolute Gasteiger partial charge is 0.258 e. The van der Waals surface area contributed by atoms with E-state index in [-0.39, 0.29) is 11.5 Å². The molecule has 0 spiro atoms. The highest BCUT2D eigenvalue weighted by atomic mass is 32.2. The Morgan fingerprint density at radius 3 is 2.78 bits per heavy atom. The number of pyridine rings is 1. The molecule has 0 aliphatic rings. The maximum Gasteiger partial charge on any atom is 0.287 e. The highest BCUT2D eigenvalue weighted by Gasteiger charge is 2.10. The zero-order valence-corrected chi connectivity index (χ0v) is 10.3. The summed E-state index contributed by atoms with van der Waals surface area (Å²) in [5.74, 6) is -0.320. The van der Waals surface area contributed by atoms with Crippen LogP contribution in [0.1, 0.15) is 5.56 Å². The molecule has 6 heteroatoms. The van der Waals surface area contributed by atoms with Crippen molar-refractivity contribution in [2.24, 2.45) is 0 Å². The lowest BCUT2D eigenvalue weighted by Crippen LogP contribution is -1.92. The van der Waals surface area contributed by atoms with Gasteiger partial charge in [-0.3, -0.25) is 10.1 Å². The second kappa shape index (κ2) is 5.14. The quantitative estimate of drug-likeness (QED) is 0.628. The van der Waals surface area contributed by atoms with Crippen molar-refractivity contribution in [1.82, 2.24) is 4.98 Å². The topological polar surface area (TPSA) is 56.0 Å². The fourth-order valence-electron chi connectivity index (χ4n) is 1.40. The molecule has 0 radical (unpaired) electrons. The van der Waals surface area contributed by atoms with Gasteiger partial charge in [-0.15, -0.1) is 0 Å². The second-order valence-electron chi connectivity index (χ2n) is 3.63. The number of halogens is 1. The van der Waals surface area contributed by atoms with E-state index in [2.05, 4.69) is 4.98 Å². The largest absolute Gasteiger partial charge is 0.287 e. The molecule has 1 aromatic heterocycles. The third-order valence-corrected chi connectivity index (χ3v) is 3.35. The van der Waals surface area contributed by atoms with Crippen LogP contribution in [0.15, 0.2) is 46.5 Å². The predicted molar refractivity (Wildman–Crippen MR) is 66.2 cm³/mol. The van der Waals surface area contributed by atoms with Gasteiger partial charge in [0.1, 0.15) is 17.0 Å². The SMILES string of the molecule is Cc1cc([N+](=O)[O-])cnc1Sc1cccc(F)c1. The molecule has 1 aromatic carbocycles. The molecule has 0 aliphatic heterocycles. The van der Waals surface area contributed by atoms with E-state index in [1.165, 1.54) is 36.2 Å². The van der Waals surface area contributed by atoms with Gasteiger partial charge in [0.25, 0.3) is 5.69 Å². The highest BCUT2D eigenvalue weighted by Crippen LogP contribution is 2.30. The monoisotopic (exact) mass is 264 g/mol. The van der Waals surface area contributed by atoms with Gasteiger partial charge in [-0.2, -0.15) is 0 Å². The van der Waals surface area contributed by atoms with Crippen molar-refractivity contribution in [2.75, 3.05) is 0 Å². The van der Waals surface area contributed by atoms with Gasteiger partial charge in [0.2, 0.25) is 0 Å². The Bertz CT molecular complexity index is 604. The fourth-order valence-corrected chi connectivity index (χ4v) is 2.26. The van der Waals surface area contributed by atoms with Crippen LogP contribution in [0.25, 0.3) is 0 Å². The number of nitro groups is 1. The molecular weight excluding hydrogens is 255 g/mol. The minimum absolute atomic E-state index is 0.0453. The summed E-state index contributed by atoms with van der Waals surface area (Å²) >= 11 is 1.28. The first kappa shape index (κ1) is 12.5. The third kappa shape index (κ3) is 2.84. The first-order chi connectivity index (χ1) is 8.56. The van der Waals surface area contributed by atoms with Crippen LogP contribution in [0.3, 0.4) is 0 Å². The fraction of sp³-hybridized carbons (Fsp3) is 0.0833. The van der Waals surface area contributed by atoms with E-state index in [0.29, 0.717) is 15.5 Å². The number of hydrogen-bond donors (Lipinski definition) is 0. The second-order valence-corrected chi connectivity index (χ2v) is 4.69. The van der Waals surface area contributed by atoms with Crippen molar-refractivity contribution in [3.63, 3.8) is 0 Å². The Hall–Kier alpha value is -1.95. The molecule has 0 saturated carbocycles. The summed E-state index contributed by atoms with van der Waals surface area (Å²) in [6.45, 7) is 1.74. The standard InChI is InChI=1S/C12H9FN2O2S/c1-8-5-10(15(16)17)7-14-12(8)18-11-4-2-3-9(13)6-11/h2-7H,1H3. The normalized spacial score (nSPS) is 10.3. The molecule has 2 rings (SSSR count). The van der Waals surface area contributed by atoms with Gasteiger partial charge in [-0.05, 0) is 30.7 Å². The third-order valence-electron chi connectivity index (χ3n) is 2.24. The van der Waals surface area contributed by atoms with E-state index in [1.54, 1.807) is 19.1 Å². The van der Waals surface area contributed by atoms with Crippen LogP contribution in [-0.2, 0) is 0 Å². The molecular formula is C12H9FN2O2S. The molecule has 0 bridgehead atoms. The molecule has 1 heterocycles. The Kier molecular flexibility index (Phi) is 3.57. The number of rotatable bonds is 3. The minimum Gasteiger partial charge on any atom is -0.258 e. The van der Waals surface area contributed by atoms with E-state index in [4.69, 9.17) is 0 Å². The van der Waals surface area contributed by atoms with E-state index in [9.17, 15) is 14.5 Å². The molecule has 18 heavy (non-hydrogen) atoms. The Morgan fingerprint density at radius 2 is 2.17 bits per heavy atom. The van der Waals surface area contributed by atoms with Gasteiger partial charge in [0, 0.05) is 11.0 Å². The zero-order valence-electron chi connectivity index (χ0n) is 9.46. The van der Waals surface area contributed by atoms with Gasteiger partial charge < -0.3 is 0 Å². The number of benzene rings is 1. The van der Waals surface area contributed by atoms with Crippen molar-refractivity contribution in [1.29, 1.82) is 0 Å². The predicted octanol–water partition coefficient (Wildman–Crippen LogP) is 3.59. The van der Waals surface area contributed by atoms with E-state index < -0.39 is 4.92 Å². The number of aryl methyl sites for hydroxylation is 1. The lowest BCUT2D eigenvalue weighted by Gasteiger charge is -2.04. The molecule has 2 aromatic rings. The van der Waals surface area contributed by atoms with Crippen molar-refractivity contribution in [2.45, 2.75) is 16.8 Å². The summed E-state index contributed by atoms with van der Waals surface area (Å²) in [7, 11) is 0. The summed E-state index contributed by atoms with van der Waals surface area (Å²) in [6.07, 6.45) is 1.20. The molecule has 0 atom stereocenters. The number of aromatic nitrogens is 1. The van der Waals surface area contributed by atoms with Gasteiger partial charge in [-0.25, -0.2) is 9.37 Å². The lowest BCUT2D eigenvalue weighted by molar-refractivity contribution is -0.385. The van der Waals surface area contributed by atoms with Crippen LogP contribution in [0, 0.1) is 22.9 Å². The molecule has 0 unspecified atom stereocenters. The van der Waals surface area contributed by atoms with E-state index >= 15 is 0 Å². The molecule has 0 fully saturated rings. The Balaban J connectivity index is 2.27. The summed E-state index contributed by atoms with van der Waals surface area (Å²) in [6, 6.07) is 7.58. The molecule has 92 valence electrons. The Labute approximate surface area is 107 Å². The molecule has 0 saturated heterocycles. The highest BCUT2D eigenvalue weighted by molar-refractivity contribution is 7.99. The maximum atomic E-state index is 13.0. The average molecular weight is 264 g/mol. The Morgan fingerprint density at radius 1 is 1.39 bits per heavy atom. The van der Waals surface area contributed by atoms with Crippen LogP contribution in [-0.4, -0.2) is 9.91 Å². The molecule has 0 aliphatic carbocycles. The van der Waals surface area contributed by atoms with Crippen LogP contribution in [0.5, 0.6) is 0 Å². The van der Waals surface area contributed by atoms with Crippen molar-refractivity contribution >= 4 is 17.4 Å². The average Bonchev–Trinajstić information content (AvgIpc) is 2.31. The summed E-state index contributed by atoms with van der Waals surface area (Å²) in [5, 5.41) is 11.2. The summed E-state index contributed by atoms with van der Waals surface area (Å²) < 4.78 is 13.0. The van der Waals surface area contributed by atoms with Gasteiger partial charge in [-0.1, -0.05) is 17.8 Å². The van der Waals surface area contributed by atoms with Gasteiger partial charge >= 0.3 is 0 Å². The van der Waals surface area contributed by atoms with Crippen molar-refractivity contribution < 1.29 is 9.31 Å². The molecule has 0 N–H and O–H groups in total. The van der Waals surface area contributed by atoms with Crippen molar-refractivity contribution in [3.05, 3.63) is 58.0 Å². The molecule has 0 amide bonds. The van der Waals surface area contributed by atoms with Crippen LogP contribution < -0.4 is 0 Å². The molecule has 4 nitrogen and oxygen atoms in total. The van der Waals surface area contributed by atoms with Crippen LogP contribution >= 0.6 is 11.8 Å². The zero-order chi connectivity index (χ0) is 13.1. The van der Waals surface area contributed by atoms with Crippen molar-refractivity contribution in [3.8, 4) is 0 Å². The number of nitrogens with zero attached hydrogens (tertiary/aromatic N) is 2. The number of hydrogen-bond acceptors (Lipinski definition) is 4. The summed E-state index contributed by atoms with van der Waals surface area (Å²) in [5.41, 5.74) is 0.648. The first-order valence-corrected chi connectivity index (χ1v) is 5.92. The lowest BCUT2D eigenvalue weighted by atomic mass is 10.3. The van der Waals surface area contributed by atoms with Gasteiger partial charge in [0.05, 0.1) is 4.92 Å². The van der Waals surface area contributed by atoms with Crippen LogP contribution in [0.4, 0.5) is 10.1 Å². The maximum absolute atomic E-state index is 13.0. The van der Waals surface area contributed by atoms with Crippen LogP contribution in [0.2, 0.25) is 0 Å². The minimum atomic E-state index is -0.489. The summed E-state index contributed by atoms with van der Waals surface area (Å²) in [4.78, 5) is 14.8. The van der Waals surface area contributed by atoms with E-state index in [1.807, 2.05) is 0 Å². The van der Waals surface area contributed by atoms with Gasteiger partial charge in [0.15, 0.2) is 0 Å².